The van der Waals surface area contributed by atoms with Crippen LogP contribution in [0.1, 0.15) is 13.8 Å². The highest BCUT2D eigenvalue weighted by Gasteiger charge is 2.00. The topological polar surface area (TPSA) is 54.0 Å². The summed E-state index contributed by atoms with van der Waals surface area (Å²) in [5, 5.41) is 6.93. The fourth-order valence-corrected chi connectivity index (χ4v) is 1.69. The third-order valence-electron chi connectivity index (χ3n) is 2.37. The van der Waals surface area contributed by atoms with Crippen molar-refractivity contribution < 1.29 is 4.79 Å². The van der Waals surface area contributed by atoms with Gasteiger partial charge in [-0.05, 0) is 37.3 Å². The monoisotopic (exact) mass is 229 g/mol. The van der Waals surface area contributed by atoms with Crippen LogP contribution in [-0.2, 0) is 4.79 Å². The normalized spacial score (nSPS) is 10.2. The zero-order chi connectivity index (χ0) is 12.3. The van der Waals surface area contributed by atoms with E-state index in [1.54, 1.807) is 0 Å². The summed E-state index contributed by atoms with van der Waals surface area (Å²) in [5.41, 5.74) is 1.71. The summed E-state index contributed by atoms with van der Waals surface area (Å²) in [6.07, 6.45) is 0. The van der Waals surface area contributed by atoms with E-state index in [-0.39, 0.29) is 5.91 Å². The van der Waals surface area contributed by atoms with Crippen LogP contribution in [0.3, 0.4) is 0 Å². The quantitative estimate of drug-likeness (QED) is 0.850. The zero-order valence-corrected chi connectivity index (χ0v) is 9.95. The average Bonchev–Trinajstić information content (AvgIpc) is 2.29. The number of aromatic nitrogens is 1. The lowest BCUT2D eigenvalue weighted by Gasteiger charge is -2.06. The van der Waals surface area contributed by atoms with E-state index in [4.69, 9.17) is 0 Å². The van der Waals surface area contributed by atoms with E-state index < -0.39 is 0 Å². The van der Waals surface area contributed by atoms with Crippen LogP contribution in [0.15, 0.2) is 30.3 Å². The van der Waals surface area contributed by atoms with E-state index in [0.717, 1.165) is 29.0 Å². The lowest BCUT2D eigenvalue weighted by molar-refractivity contribution is -0.114. The Hall–Kier alpha value is -2.10. The van der Waals surface area contributed by atoms with Crippen LogP contribution in [0.4, 0.5) is 11.5 Å². The predicted octanol–water partition coefficient (Wildman–Crippen LogP) is 2.63. The van der Waals surface area contributed by atoms with Gasteiger partial charge in [0.2, 0.25) is 5.91 Å². The molecule has 2 aromatic rings. The summed E-state index contributed by atoms with van der Waals surface area (Å²) < 4.78 is 0. The van der Waals surface area contributed by atoms with Crippen LogP contribution in [-0.4, -0.2) is 17.4 Å². The van der Waals surface area contributed by atoms with Crippen molar-refractivity contribution in [3.8, 4) is 0 Å². The summed E-state index contributed by atoms with van der Waals surface area (Å²) in [6.45, 7) is 4.38. The summed E-state index contributed by atoms with van der Waals surface area (Å²) in [6, 6.07) is 9.60. The number of benzene rings is 1. The number of pyridine rings is 1. The van der Waals surface area contributed by atoms with Crippen LogP contribution >= 0.6 is 0 Å². The van der Waals surface area contributed by atoms with E-state index in [0.29, 0.717) is 0 Å². The summed E-state index contributed by atoms with van der Waals surface area (Å²) in [7, 11) is 0. The maximum atomic E-state index is 11.0. The molecule has 1 aromatic heterocycles. The number of nitrogens with one attached hydrogen (secondary N) is 2. The first kappa shape index (κ1) is 11.4. The van der Waals surface area contributed by atoms with Gasteiger partial charge in [-0.2, -0.15) is 0 Å². The van der Waals surface area contributed by atoms with Gasteiger partial charge in [0.15, 0.2) is 0 Å². The van der Waals surface area contributed by atoms with Gasteiger partial charge < -0.3 is 10.6 Å². The summed E-state index contributed by atoms with van der Waals surface area (Å²) in [4.78, 5) is 15.4. The van der Waals surface area contributed by atoms with Gasteiger partial charge in [-0.3, -0.25) is 4.79 Å². The number of carbonyl (C=O) groups excluding carboxylic acids is 1. The highest BCUT2D eigenvalue weighted by atomic mass is 16.1. The number of rotatable bonds is 3. The Morgan fingerprint density at radius 2 is 2.12 bits per heavy atom. The van der Waals surface area contributed by atoms with Crippen LogP contribution in [0.2, 0.25) is 0 Å². The second kappa shape index (κ2) is 4.82. The Balaban J connectivity index is 2.36. The predicted molar refractivity (Wildman–Crippen MR) is 70.2 cm³/mol. The molecule has 88 valence electrons. The molecule has 0 aliphatic carbocycles. The van der Waals surface area contributed by atoms with Crippen molar-refractivity contribution in [1.82, 2.24) is 4.98 Å². The lowest BCUT2D eigenvalue weighted by Crippen LogP contribution is -2.05. The van der Waals surface area contributed by atoms with Gasteiger partial charge in [0.1, 0.15) is 5.82 Å². The SMILES string of the molecule is CCNc1ccc2cc(NC(C)=O)ccc2n1. The molecular weight excluding hydrogens is 214 g/mol. The molecule has 0 aliphatic rings. The lowest BCUT2D eigenvalue weighted by atomic mass is 10.2. The van der Waals surface area contributed by atoms with Gasteiger partial charge in [0.25, 0.3) is 0 Å². The minimum Gasteiger partial charge on any atom is -0.370 e. The van der Waals surface area contributed by atoms with Crippen molar-refractivity contribution in [2.45, 2.75) is 13.8 Å². The molecule has 1 amide bonds. The molecule has 0 spiro atoms. The Labute approximate surface area is 100 Å². The van der Waals surface area contributed by atoms with Gasteiger partial charge >= 0.3 is 0 Å². The van der Waals surface area contributed by atoms with E-state index in [2.05, 4.69) is 15.6 Å². The number of nitrogens with zero attached hydrogens (tertiary/aromatic N) is 1. The fraction of sp³-hybridized carbons (Fsp3) is 0.231. The van der Waals surface area contributed by atoms with Crippen LogP contribution in [0, 0.1) is 0 Å². The molecule has 0 saturated heterocycles. The molecule has 1 heterocycles. The second-order valence-corrected chi connectivity index (χ2v) is 3.82. The van der Waals surface area contributed by atoms with Crippen LogP contribution in [0.5, 0.6) is 0 Å². The molecule has 17 heavy (non-hydrogen) atoms. The molecule has 1 aromatic carbocycles. The van der Waals surface area contributed by atoms with Gasteiger partial charge in [0.05, 0.1) is 5.52 Å². The molecule has 0 bridgehead atoms. The van der Waals surface area contributed by atoms with E-state index >= 15 is 0 Å². The summed E-state index contributed by atoms with van der Waals surface area (Å²) in [5.74, 6) is 0.800. The zero-order valence-electron chi connectivity index (χ0n) is 9.95. The van der Waals surface area contributed by atoms with Crippen molar-refractivity contribution in [3.05, 3.63) is 30.3 Å². The third kappa shape index (κ3) is 2.72. The number of fused-ring (bicyclic) bond motifs is 1. The Kier molecular flexibility index (Phi) is 3.23. The van der Waals surface area contributed by atoms with Crippen molar-refractivity contribution >= 4 is 28.3 Å². The molecule has 4 nitrogen and oxygen atoms in total. The van der Waals surface area contributed by atoms with Gasteiger partial charge in [0, 0.05) is 24.5 Å². The molecule has 0 unspecified atom stereocenters. The van der Waals surface area contributed by atoms with Crippen molar-refractivity contribution in [1.29, 1.82) is 0 Å². The Morgan fingerprint density at radius 3 is 2.82 bits per heavy atom. The average molecular weight is 229 g/mol. The number of hydrogen-bond donors (Lipinski definition) is 2. The Morgan fingerprint density at radius 1 is 1.29 bits per heavy atom. The molecule has 0 fully saturated rings. The number of carbonyl (C=O) groups is 1. The molecule has 0 aliphatic heterocycles. The smallest absolute Gasteiger partial charge is 0.221 e. The molecule has 2 N–H and O–H groups in total. The van der Waals surface area contributed by atoms with Gasteiger partial charge in [-0.1, -0.05) is 0 Å². The Bertz CT molecular complexity index is 551. The summed E-state index contributed by atoms with van der Waals surface area (Å²) >= 11 is 0. The molecule has 0 atom stereocenters. The molecule has 0 saturated carbocycles. The number of amides is 1. The maximum absolute atomic E-state index is 11.0. The minimum absolute atomic E-state index is 0.0680. The first-order valence-electron chi connectivity index (χ1n) is 5.61. The van der Waals surface area contributed by atoms with Crippen LogP contribution < -0.4 is 10.6 Å². The number of hydrogen-bond acceptors (Lipinski definition) is 3. The first-order chi connectivity index (χ1) is 8.19. The molecular formula is C13H15N3O. The third-order valence-corrected chi connectivity index (χ3v) is 2.37. The number of anilines is 2. The van der Waals surface area contributed by atoms with E-state index in [1.807, 2.05) is 37.3 Å². The van der Waals surface area contributed by atoms with E-state index in [9.17, 15) is 4.79 Å². The molecule has 2 rings (SSSR count). The minimum atomic E-state index is -0.0680. The van der Waals surface area contributed by atoms with Crippen molar-refractivity contribution in [3.63, 3.8) is 0 Å². The highest BCUT2D eigenvalue weighted by molar-refractivity contribution is 5.92. The second-order valence-electron chi connectivity index (χ2n) is 3.82. The van der Waals surface area contributed by atoms with Gasteiger partial charge in [-0.25, -0.2) is 4.98 Å². The fourth-order valence-electron chi connectivity index (χ4n) is 1.69. The molecule has 0 radical (unpaired) electrons. The first-order valence-corrected chi connectivity index (χ1v) is 5.61. The molecule has 4 heteroatoms. The van der Waals surface area contributed by atoms with Gasteiger partial charge in [-0.15, -0.1) is 0 Å². The van der Waals surface area contributed by atoms with Crippen molar-refractivity contribution in [2.24, 2.45) is 0 Å². The van der Waals surface area contributed by atoms with Crippen LogP contribution in [0.25, 0.3) is 10.9 Å². The standard InChI is InChI=1S/C13H15N3O/c1-3-14-13-7-4-10-8-11(15-9(2)17)5-6-12(10)16-13/h4-8H,3H2,1-2H3,(H,14,16)(H,15,17). The largest absolute Gasteiger partial charge is 0.370 e. The maximum Gasteiger partial charge on any atom is 0.221 e. The van der Waals surface area contributed by atoms with Crippen molar-refractivity contribution in [2.75, 3.05) is 17.2 Å². The van der Waals surface area contributed by atoms with E-state index in [1.165, 1.54) is 6.92 Å². The highest BCUT2D eigenvalue weighted by Crippen LogP contribution is 2.19.